The maximum absolute atomic E-state index is 13.1. The molecule has 4 rings (SSSR count). The van der Waals surface area contributed by atoms with E-state index in [0.717, 1.165) is 10.9 Å². The van der Waals surface area contributed by atoms with E-state index >= 15 is 0 Å². The van der Waals surface area contributed by atoms with Crippen LogP contribution in [0.15, 0.2) is 59.6 Å². The van der Waals surface area contributed by atoms with E-state index in [9.17, 15) is 13.2 Å². The number of hydrogen-bond acceptors (Lipinski definition) is 4. The number of anilines is 1. The number of amides is 2. The first-order valence-electron chi connectivity index (χ1n) is 9.64. The summed E-state index contributed by atoms with van der Waals surface area (Å²) in [6.45, 7) is 1.17. The van der Waals surface area contributed by atoms with Crippen molar-refractivity contribution in [2.45, 2.75) is 4.90 Å². The fourth-order valence-corrected chi connectivity index (χ4v) is 5.04. The van der Waals surface area contributed by atoms with E-state index in [1.807, 2.05) is 29.9 Å². The van der Waals surface area contributed by atoms with Crippen LogP contribution in [-0.4, -0.2) is 61.5 Å². The SMILES string of the molecule is COc1ccc(NC(=O)N2CCN(S(=O)(=O)c3ccc4c(ccn4C)c3)CC2)cc1. The van der Waals surface area contributed by atoms with Crippen LogP contribution in [-0.2, 0) is 17.1 Å². The maximum Gasteiger partial charge on any atom is 0.321 e. The first-order valence-corrected chi connectivity index (χ1v) is 11.1. The van der Waals surface area contributed by atoms with E-state index in [4.69, 9.17) is 4.74 Å². The average molecular weight is 429 g/mol. The Labute approximate surface area is 175 Å². The van der Waals surface area contributed by atoms with Gasteiger partial charge in [-0.2, -0.15) is 4.31 Å². The highest BCUT2D eigenvalue weighted by Crippen LogP contribution is 2.23. The molecule has 8 nitrogen and oxygen atoms in total. The zero-order chi connectivity index (χ0) is 21.3. The van der Waals surface area contributed by atoms with Gasteiger partial charge in [0.05, 0.1) is 12.0 Å². The van der Waals surface area contributed by atoms with Crippen LogP contribution in [0.5, 0.6) is 5.75 Å². The predicted octanol–water partition coefficient (Wildman–Crippen LogP) is 2.73. The maximum atomic E-state index is 13.1. The third-order valence-electron chi connectivity index (χ3n) is 5.36. The standard InChI is InChI=1S/C21H24N4O4S/c1-23-10-9-16-15-19(7-8-20(16)23)30(27,28)25-13-11-24(12-14-25)21(26)22-17-3-5-18(29-2)6-4-17/h3-10,15H,11-14H2,1-2H3,(H,22,26). The highest BCUT2D eigenvalue weighted by molar-refractivity contribution is 7.89. The van der Waals surface area contributed by atoms with Gasteiger partial charge in [0.1, 0.15) is 5.75 Å². The molecule has 0 aliphatic carbocycles. The van der Waals surface area contributed by atoms with Crippen molar-refractivity contribution >= 4 is 32.6 Å². The van der Waals surface area contributed by atoms with Gasteiger partial charge in [0.15, 0.2) is 0 Å². The van der Waals surface area contributed by atoms with E-state index in [1.165, 1.54) is 4.31 Å². The van der Waals surface area contributed by atoms with Crippen LogP contribution in [0.2, 0.25) is 0 Å². The highest BCUT2D eigenvalue weighted by Gasteiger charge is 2.30. The van der Waals surface area contributed by atoms with Crippen LogP contribution in [0.25, 0.3) is 10.9 Å². The van der Waals surface area contributed by atoms with Gasteiger partial charge in [-0.25, -0.2) is 13.2 Å². The Bertz CT molecular complexity index is 1160. The molecular formula is C21H24N4O4S. The number of nitrogens with one attached hydrogen (secondary N) is 1. The Morgan fingerprint density at radius 2 is 1.70 bits per heavy atom. The molecule has 1 N–H and O–H groups in total. The van der Waals surface area contributed by atoms with Crippen molar-refractivity contribution in [1.82, 2.24) is 13.8 Å². The second-order valence-corrected chi connectivity index (χ2v) is 9.13. The summed E-state index contributed by atoms with van der Waals surface area (Å²) in [5, 5.41) is 3.72. The molecule has 1 fully saturated rings. The fraction of sp³-hybridized carbons (Fsp3) is 0.286. The topological polar surface area (TPSA) is 83.9 Å². The summed E-state index contributed by atoms with van der Waals surface area (Å²) in [6.07, 6.45) is 1.90. The van der Waals surface area contributed by atoms with Crippen LogP contribution in [0.1, 0.15) is 0 Å². The minimum Gasteiger partial charge on any atom is -0.497 e. The molecule has 3 aromatic rings. The van der Waals surface area contributed by atoms with Crippen molar-refractivity contribution in [3.05, 3.63) is 54.7 Å². The minimum absolute atomic E-state index is 0.247. The number of piperazine rings is 1. The largest absolute Gasteiger partial charge is 0.497 e. The Morgan fingerprint density at radius 1 is 1.00 bits per heavy atom. The van der Waals surface area contributed by atoms with Crippen molar-refractivity contribution in [1.29, 1.82) is 0 Å². The summed E-state index contributed by atoms with van der Waals surface area (Å²) < 4.78 is 34.6. The third-order valence-corrected chi connectivity index (χ3v) is 7.26. The molecule has 0 bridgehead atoms. The molecule has 30 heavy (non-hydrogen) atoms. The molecule has 1 saturated heterocycles. The predicted molar refractivity (Wildman–Crippen MR) is 115 cm³/mol. The summed E-state index contributed by atoms with van der Waals surface area (Å²) in [4.78, 5) is 14.4. The quantitative estimate of drug-likeness (QED) is 0.693. The van der Waals surface area contributed by atoms with E-state index < -0.39 is 10.0 Å². The van der Waals surface area contributed by atoms with Crippen molar-refractivity contribution in [2.75, 3.05) is 38.6 Å². The van der Waals surface area contributed by atoms with Gasteiger partial charge in [-0.3, -0.25) is 0 Å². The lowest BCUT2D eigenvalue weighted by molar-refractivity contribution is 0.184. The normalized spacial score (nSPS) is 15.3. The van der Waals surface area contributed by atoms with Crippen molar-refractivity contribution in [2.24, 2.45) is 7.05 Å². The molecular weight excluding hydrogens is 404 g/mol. The van der Waals surface area contributed by atoms with Gasteiger partial charge in [-0.15, -0.1) is 0 Å². The number of sulfonamides is 1. The molecule has 2 aromatic carbocycles. The average Bonchev–Trinajstić information content (AvgIpc) is 3.14. The number of urea groups is 1. The number of aryl methyl sites for hydroxylation is 1. The number of rotatable bonds is 4. The summed E-state index contributed by atoms with van der Waals surface area (Å²) in [7, 11) is -0.102. The van der Waals surface area contributed by atoms with Gasteiger partial charge in [-0.1, -0.05) is 0 Å². The molecule has 0 radical (unpaired) electrons. The molecule has 158 valence electrons. The highest BCUT2D eigenvalue weighted by atomic mass is 32.2. The minimum atomic E-state index is -3.61. The number of aromatic nitrogens is 1. The van der Waals surface area contributed by atoms with Crippen LogP contribution in [0.4, 0.5) is 10.5 Å². The summed E-state index contributed by atoms with van der Waals surface area (Å²) in [5.41, 5.74) is 1.64. The Morgan fingerprint density at radius 3 is 2.37 bits per heavy atom. The van der Waals surface area contributed by atoms with Gasteiger partial charge in [0.25, 0.3) is 0 Å². The van der Waals surface area contributed by atoms with Crippen LogP contribution < -0.4 is 10.1 Å². The Kier molecular flexibility index (Phi) is 5.40. The van der Waals surface area contributed by atoms with Crippen molar-refractivity contribution in [3.8, 4) is 5.75 Å². The number of fused-ring (bicyclic) bond motifs is 1. The lowest BCUT2D eigenvalue weighted by atomic mass is 10.2. The van der Waals surface area contributed by atoms with Gasteiger partial charge >= 0.3 is 6.03 Å². The molecule has 0 spiro atoms. The number of nitrogens with zero attached hydrogens (tertiary/aromatic N) is 3. The summed E-state index contributed by atoms with van der Waals surface area (Å²) in [6, 6.07) is 13.9. The lowest BCUT2D eigenvalue weighted by Crippen LogP contribution is -2.51. The molecule has 1 aliphatic rings. The van der Waals surface area contributed by atoms with Crippen LogP contribution in [0.3, 0.4) is 0 Å². The van der Waals surface area contributed by atoms with Crippen LogP contribution in [0, 0.1) is 0 Å². The number of ether oxygens (including phenoxy) is 1. The first kappa shape index (κ1) is 20.2. The Balaban J connectivity index is 1.40. The number of methoxy groups -OCH3 is 1. The second-order valence-electron chi connectivity index (χ2n) is 7.20. The Hall–Kier alpha value is -3.04. The van der Waals surface area contributed by atoms with Crippen molar-refractivity contribution < 1.29 is 17.9 Å². The summed E-state index contributed by atoms with van der Waals surface area (Å²) >= 11 is 0. The smallest absolute Gasteiger partial charge is 0.321 e. The number of benzene rings is 2. The van der Waals surface area contributed by atoms with E-state index in [1.54, 1.807) is 48.4 Å². The van der Waals surface area contributed by atoms with Gasteiger partial charge in [0.2, 0.25) is 10.0 Å². The van der Waals surface area contributed by atoms with Gasteiger partial charge < -0.3 is 19.5 Å². The number of carbonyl (C=O) groups is 1. The van der Waals surface area contributed by atoms with Gasteiger partial charge in [-0.05, 0) is 48.5 Å². The van der Waals surface area contributed by atoms with Gasteiger partial charge in [0, 0.05) is 56.0 Å². The molecule has 0 atom stereocenters. The summed E-state index contributed by atoms with van der Waals surface area (Å²) in [5.74, 6) is 0.709. The molecule has 2 heterocycles. The molecule has 2 amide bonds. The number of carbonyl (C=O) groups excluding carboxylic acids is 1. The van der Waals surface area contributed by atoms with E-state index in [-0.39, 0.29) is 24.0 Å². The molecule has 0 saturated carbocycles. The molecule has 0 unspecified atom stereocenters. The first-order chi connectivity index (χ1) is 14.4. The van der Waals surface area contributed by atoms with Crippen LogP contribution >= 0.6 is 0 Å². The van der Waals surface area contributed by atoms with E-state index in [0.29, 0.717) is 24.5 Å². The van der Waals surface area contributed by atoms with Crippen molar-refractivity contribution in [3.63, 3.8) is 0 Å². The lowest BCUT2D eigenvalue weighted by Gasteiger charge is -2.34. The second kappa shape index (κ2) is 8.00. The molecule has 1 aromatic heterocycles. The molecule has 1 aliphatic heterocycles. The number of hydrogen-bond donors (Lipinski definition) is 1. The third kappa shape index (κ3) is 3.86. The monoisotopic (exact) mass is 428 g/mol. The zero-order valence-electron chi connectivity index (χ0n) is 16.9. The fourth-order valence-electron chi connectivity index (χ4n) is 3.58. The zero-order valence-corrected chi connectivity index (χ0v) is 17.7. The van der Waals surface area contributed by atoms with E-state index in [2.05, 4.69) is 5.32 Å². The molecule has 9 heteroatoms.